The summed E-state index contributed by atoms with van der Waals surface area (Å²) in [5.74, 6) is 0.195. The van der Waals surface area contributed by atoms with E-state index in [2.05, 4.69) is 15.5 Å². The van der Waals surface area contributed by atoms with Crippen LogP contribution >= 0.6 is 0 Å². The molecule has 1 unspecified atom stereocenters. The van der Waals surface area contributed by atoms with Crippen molar-refractivity contribution in [1.82, 2.24) is 15.5 Å². The van der Waals surface area contributed by atoms with Crippen LogP contribution in [0.1, 0.15) is 44.9 Å². The van der Waals surface area contributed by atoms with Gasteiger partial charge < -0.3 is 10.6 Å². The Bertz CT molecular complexity index is 258. The molecule has 1 amide bonds. The predicted octanol–water partition coefficient (Wildman–Crippen LogP) is 1.12. The molecule has 2 fully saturated rings. The lowest BCUT2D eigenvalue weighted by molar-refractivity contribution is -0.122. The highest BCUT2D eigenvalue weighted by atomic mass is 16.2. The van der Waals surface area contributed by atoms with Gasteiger partial charge in [0.25, 0.3) is 0 Å². The van der Waals surface area contributed by atoms with E-state index in [1.165, 1.54) is 44.9 Å². The van der Waals surface area contributed by atoms with Crippen LogP contribution in [0.3, 0.4) is 0 Å². The molecule has 1 saturated heterocycles. The van der Waals surface area contributed by atoms with Gasteiger partial charge in [0.15, 0.2) is 0 Å². The van der Waals surface area contributed by atoms with E-state index in [1.54, 1.807) is 0 Å². The molecule has 0 spiro atoms. The Morgan fingerprint density at radius 2 is 1.94 bits per heavy atom. The minimum absolute atomic E-state index is 0.195. The summed E-state index contributed by atoms with van der Waals surface area (Å²) in [6.07, 6.45) is 8.73. The maximum atomic E-state index is 11.9. The first kappa shape index (κ1) is 13.8. The lowest BCUT2D eigenvalue weighted by Gasteiger charge is -2.28. The van der Waals surface area contributed by atoms with Crippen molar-refractivity contribution in [2.45, 2.75) is 57.0 Å². The van der Waals surface area contributed by atoms with Crippen LogP contribution in [0.4, 0.5) is 0 Å². The zero-order chi connectivity index (χ0) is 12.8. The van der Waals surface area contributed by atoms with E-state index < -0.39 is 0 Å². The highest BCUT2D eigenvalue weighted by Crippen LogP contribution is 2.17. The number of hydrogen-bond acceptors (Lipinski definition) is 3. The summed E-state index contributed by atoms with van der Waals surface area (Å²) in [6, 6.07) is 1.02. The maximum absolute atomic E-state index is 11.9. The van der Waals surface area contributed by atoms with E-state index in [4.69, 9.17) is 0 Å². The number of carbonyl (C=O) groups excluding carboxylic acids is 1. The van der Waals surface area contributed by atoms with Crippen molar-refractivity contribution in [3.63, 3.8) is 0 Å². The first-order valence-corrected chi connectivity index (χ1v) is 7.45. The Balaban J connectivity index is 1.62. The Hall–Kier alpha value is -0.610. The van der Waals surface area contributed by atoms with Crippen LogP contribution in [0.15, 0.2) is 0 Å². The third-order valence-corrected chi connectivity index (χ3v) is 4.08. The van der Waals surface area contributed by atoms with Gasteiger partial charge in [-0.3, -0.25) is 9.69 Å². The predicted molar refractivity (Wildman–Crippen MR) is 73.5 cm³/mol. The standard InChI is InChI=1S/C14H27N3O/c1-17(10-13-8-4-5-9-15-13)11-14(18)16-12-6-2-3-7-12/h12-13,15H,2-11H2,1H3,(H,16,18). The van der Waals surface area contributed by atoms with Gasteiger partial charge >= 0.3 is 0 Å². The molecule has 104 valence electrons. The number of nitrogens with zero attached hydrogens (tertiary/aromatic N) is 1. The Morgan fingerprint density at radius 1 is 1.22 bits per heavy atom. The lowest BCUT2D eigenvalue weighted by Crippen LogP contribution is -2.46. The maximum Gasteiger partial charge on any atom is 0.234 e. The fourth-order valence-electron chi connectivity index (χ4n) is 3.11. The molecule has 2 rings (SSSR count). The second kappa shape index (κ2) is 7.10. The van der Waals surface area contributed by atoms with Crippen molar-refractivity contribution in [1.29, 1.82) is 0 Å². The van der Waals surface area contributed by atoms with E-state index in [0.717, 1.165) is 13.1 Å². The fourth-order valence-corrected chi connectivity index (χ4v) is 3.11. The zero-order valence-corrected chi connectivity index (χ0v) is 11.6. The third kappa shape index (κ3) is 4.58. The molecule has 1 atom stereocenters. The second-order valence-electron chi connectivity index (χ2n) is 5.89. The van der Waals surface area contributed by atoms with Crippen LogP contribution in [0.5, 0.6) is 0 Å². The van der Waals surface area contributed by atoms with E-state index in [1.807, 2.05) is 7.05 Å². The number of amides is 1. The summed E-state index contributed by atoms with van der Waals surface area (Å²) in [4.78, 5) is 14.0. The van der Waals surface area contributed by atoms with E-state index >= 15 is 0 Å². The number of hydrogen-bond donors (Lipinski definition) is 2. The Kier molecular flexibility index (Phi) is 5.45. The van der Waals surface area contributed by atoms with Crippen molar-refractivity contribution in [2.24, 2.45) is 0 Å². The van der Waals surface area contributed by atoms with Gasteiger partial charge in [0, 0.05) is 18.6 Å². The molecule has 0 aromatic rings. The average Bonchev–Trinajstić information content (AvgIpc) is 2.82. The van der Waals surface area contributed by atoms with Crippen molar-refractivity contribution in [3.05, 3.63) is 0 Å². The molecule has 0 radical (unpaired) electrons. The molecular weight excluding hydrogens is 226 g/mol. The monoisotopic (exact) mass is 253 g/mol. The van der Waals surface area contributed by atoms with Gasteiger partial charge in [-0.05, 0) is 39.3 Å². The SMILES string of the molecule is CN(CC(=O)NC1CCCC1)CC1CCCCN1. The van der Waals surface area contributed by atoms with Crippen LogP contribution in [-0.2, 0) is 4.79 Å². The van der Waals surface area contributed by atoms with E-state index in [9.17, 15) is 4.79 Å². The van der Waals surface area contributed by atoms with Gasteiger partial charge in [0.2, 0.25) is 5.91 Å². The highest BCUT2D eigenvalue weighted by Gasteiger charge is 2.19. The topological polar surface area (TPSA) is 44.4 Å². The summed E-state index contributed by atoms with van der Waals surface area (Å²) in [7, 11) is 2.05. The quantitative estimate of drug-likeness (QED) is 0.772. The van der Waals surface area contributed by atoms with Gasteiger partial charge in [-0.25, -0.2) is 0 Å². The lowest BCUT2D eigenvalue weighted by atomic mass is 10.0. The van der Waals surface area contributed by atoms with Crippen LogP contribution in [0, 0.1) is 0 Å². The number of nitrogens with one attached hydrogen (secondary N) is 2. The summed E-state index contributed by atoms with van der Waals surface area (Å²) in [5, 5.41) is 6.67. The first-order valence-electron chi connectivity index (χ1n) is 7.45. The summed E-state index contributed by atoms with van der Waals surface area (Å²) in [5.41, 5.74) is 0. The van der Waals surface area contributed by atoms with Crippen molar-refractivity contribution in [2.75, 3.05) is 26.7 Å². The molecule has 2 aliphatic rings. The van der Waals surface area contributed by atoms with Gasteiger partial charge in [0.05, 0.1) is 6.54 Å². The summed E-state index contributed by atoms with van der Waals surface area (Å²) < 4.78 is 0. The van der Waals surface area contributed by atoms with Crippen molar-refractivity contribution < 1.29 is 4.79 Å². The normalized spacial score (nSPS) is 25.6. The molecule has 0 bridgehead atoms. The number of likely N-dealkylation sites (N-methyl/N-ethyl adjacent to an activating group) is 1. The molecule has 0 aromatic heterocycles. The summed E-state index contributed by atoms with van der Waals surface area (Å²) in [6.45, 7) is 2.65. The molecule has 4 nitrogen and oxygen atoms in total. The van der Waals surface area contributed by atoms with E-state index in [-0.39, 0.29) is 5.91 Å². The average molecular weight is 253 g/mol. The van der Waals surface area contributed by atoms with Crippen LogP contribution in [0.25, 0.3) is 0 Å². The largest absolute Gasteiger partial charge is 0.352 e. The number of rotatable bonds is 5. The van der Waals surface area contributed by atoms with Crippen molar-refractivity contribution >= 4 is 5.91 Å². The molecular formula is C14H27N3O. The molecule has 1 aliphatic carbocycles. The van der Waals surface area contributed by atoms with Crippen molar-refractivity contribution in [3.8, 4) is 0 Å². The molecule has 4 heteroatoms. The van der Waals surface area contributed by atoms with Crippen LogP contribution < -0.4 is 10.6 Å². The second-order valence-corrected chi connectivity index (χ2v) is 5.89. The number of carbonyl (C=O) groups is 1. The first-order chi connectivity index (χ1) is 8.74. The van der Waals surface area contributed by atoms with Gasteiger partial charge in [-0.15, -0.1) is 0 Å². The minimum Gasteiger partial charge on any atom is -0.352 e. The van der Waals surface area contributed by atoms with Gasteiger partial charge in [-0.1, -0.05) is 19.3 Å². The molecule has 1 aliphatic heterocycles. The van der Waals surface area contributed by atoms with Crippen LogP contribution in [0.2, 0.25) is 0 Å². The van der Waals surface area contributed by atoms with Gasteiger partial charge in [-0.2, -0.15) is 0 Å². The Morgan fingerprint density at radius 3 is 2.61 bits per heavy atom. The highest BCUT2D eigenvalue weighted by molar-refractivity contribution is 5.78. The smallest absolute Gasteiger partial charge is 0.234 e. The molecule has 0 aromatic carbocycles. The van der Waals surface area contributed by atoms with Crippen LogP contribution in [-0.4, -0.2) is 49.6 Å². The minimum atomic E-state index is 0.195. The molecule has 1 saturated carbocycles. The fraction of sp³-hybridized carbons (Fsp3) is 0.929. The summed E-state index contributed by atoms with van der Waals surface area (Å²) >= 11 is 0. The number of piperidine rings is 1. The third-order valence-electron chi connectivity index (χ3n) is 4.08. The Labute approximate surface area is 110 Å². The molecule has 2 N–H and O–H groups in total. The molecule has 1 heterocycles. The zero-order valence-electron chi connectivity index (χ0n) is 11.6. The molecule has 18 heavy (non-hydrogen) atoms. The van der Waals surface area contributed by atoms with E-state index in [0.29, 0.717) is 18.6 Å². The van der Waals surface area contributed by atoms with Gasteiger partial charge in [0.1, 0.15) is 0 Å².